The van der Waals surface area contributed by atoms with Gasteiger partial charge in [0, 0.05) is 13.1 Å². The quantitative estimate of drug-likeness (QED) is 0.843. The summed E-state index contributed by atoms with van der Waals surface area (Å²) in [7, 11) is 3.66. The van der Waals surface area contributed by atoms with Crippen LogP contribution in [-0.2, 0) is 12.2 Å². The molecule has 122 valence electrons. The van der Waals surface area contributed by atoms with Gasteiger partial charge in [-0.25, -0.2) is 0 Å². The summed E-state index contributed by atoms with van der Waals surface area (Å²) in [4.78, 5) is 17.1. The Morgan fingerprint density at radius 3 is 2.58 bits per heavy atom. The van der Waals surface area contributed by atoms with Crippen LogP contribution in [0.25, 0.3) is 0 Å². The van der Waals surface area contributed by atoms with Crippen molar-refractivity contribution in [1.82, 2.24) is 14.4 Å². The molecule has 2 aromatic rings. The molecule has 0 aliphatic carbocycles. The first kappa shape index (κ1) is 14.8. The molecule has 1 fully saturated rings. The second-order valence-corrected chi connectivity index (χ2v) is 6.23. The fraction of sp³-hybridized carbons (Fsp3) is 0.333. The zero-order chi connectivity index (χ0) is 16.9. The number of nitrogens with zero attached hydrogens (tertiary/aromatic N) is 4. The van der Waals surface area contributed by atoms with Crippen LogP contribution in [0.1, 0.15) is 21.7 Å². The molecule has 6 heteroatoms. The molecular weight excluding hydrogens is 304 g/mol. The highest BCUT2D eigenvalue weighted by atomic mass is 16.5. The van der Waals surface area contributed by atoms with Crippen LogP contribution in [0.2, 0.25) is 0 Å². The third-order valence-corrected chi connectivity index (χ3v) is 5.23. The lowest BCUT2D eigenvalue weighted by atomic mass is 9.94. The van der Waals surface area contributed by atoms with Crippen LogP contribution in [0.4, 0.5) is 0 Å². The molecule has 1 unspecified atom stereocenters. The predicted molar refractivity (Wildman–Crippen MR) is 87.5 cm³/mol. The van der Waals surface area contributed by atoms with E-state index < -0.39 is 5.66 Å². The fourth-order valence-electron chi connectivity index (χ4n) is 3.91. The van der Waals surface area contributed by atoms with Crippen molar-refractivity contribution in [2.24, 2.45) is 0 Å². The Morgan fingerprint density at radius 1 is 1.17 bits per heavy atom. The van der Waals surface area contributed by atoms with E-state index in [2.05, 4.69) is 11.0 Å². The Kier molecular flexibility index (Phi) is 3.15. The summed E-state index contributed by atoms with van der Waals surface area (Å²) in [5, 5.41) is 9.37. The Balaban J connectivity index is 1.90. The number of carbonyl (C=O) groups is 1. The lowest BCUT2D eigenvalue weighted by Crippen LogP contribution is -2.58. The minimum atomic E-state index is -0.568. The van der Waals surface area contributed by atoms with Gasteiger partial charge in [0.1, 0.15) is 28.9 Å². The van der Waals surface area contributed by atoms with Gasteiger partial charge in [-0.05, 0) is 36.9 Å². The predicted octanol–water partition coefficient (Wildman–Crippen LogP) is 1.62. The first-order valence-corrected chi connectivity index (χ1v) is 7.89. The number of benzene rings is 1. The molecule has 24 heavy (non-hydrogen) atoms. The fourth-order valence-corrected chi connectivity index (χ4v) is 3.91. The van der Waals surface area contributed by atoms with Crippen LogP contribution >= 0.6 is 0 Å². The third-order valence-electron chi connectivity index (χ3n) is 5.23. The molecule has 2 aliphatic rings. The van der Waals surface area contributed by atoms with Crippen LogP contribution in [0.15, 0.2) is 36.4 Å². The molecule has 0 spiro atoms. The minimum absolute atomic E-state index is 0.0251. The van der Waals surface area contributed by atoms with Gasteiger partial charge in [-0.15, -0.1) is 0 Å². The standard InChI is InChI=1S/C18H18N4O2/c1-20-9-10-22-17(23)16-8-5-14(11-19)21(16)12-18(20,22)13-3-6-15(24-2)7-4-13/h3-8H,9-10,12H2,1-2H3. The van der Waals surface area contributed by atoms with Gasteiger partial charge in [0.25, 0.3) is 5.91 Å². The minimum Gasteiger partial charge on any atom is -0.497 e. The van der Waals surface area contributed by atoms with Crippen LogP contribution in [0.5, 0.6) is 5.75 Å². The summed E-state index contributed by atoms with van der Waals surface area (Å²) >= 11 is 0. The van der Waals surface area contributed by atoms with Crippen molar-refractivity contribution in [3.05, 3.63) is 53.3 Å². The average Bonchev–Trinajstić information content (AvgIpc) is 3.17. The van der Waals surface area contributed by atoms with E-state index in [4.69, 9.17) is 4.74 Å². The molecule has 1 atom stereocenters. The van der Waals surface area contributed by atoms with Crippen molar-refractivity contribution in [2.75, 3.05) is 27.2 Å². The number of nitriles is 1. The first-order chi connectivity index (χ1) is 11.6. The Hall–Kier alpha value is -2.78. The number of hydrogen-bond donors (Lipinski definition) is 0. The van der Waals surface area contributed by atoms with Crippen molar-refractivity contribution < 1.29 is 9.53 Å². The second-order valence-electron chi connectivity index (χ2n) is 6.23. The van der Waals surface area contributed by atoms with E-state index in [0.717, 1.165) is 17.9 Å². The lowest BCUT2D eigenvalue weighted by molar-refractivity contribution is -0.00144. The van der Waals surface area contributed by atoms with Crippen LogP contribution in [0.3, 0.4) is 0 Å². The second kappa shape index (κ2) is 5.11. The SMILES string of the molecule is COc1ccc(C23Cn4c(C#N)ccc4C(=O)N2CCN3C)cc1. The van der Waals surface area contributed by atoms with Gasteiger partial charge in [0.05, 0.1) is 13.7 Å². The monoisotopic (exact) mass is 322 g/mol. The summed E-state index contributed by atoms with van der Waals surface area (Å²) in [5.41, 5.74) is 1.57. The Morgan fingerprint density at radius 2 is 1.92 bits per heavy atom. The topological polar surface area (TPSA) is 61.5 Å². The maximum Gasteiger partial charge on any atom is 0.272 e. The Bertz CT molecular complexity index is 849. The van der Waals surface area contributed by atoms with Crippen LogP contribution < -0.4 is 4.74 Å². The molecule has 1 aromatic heterocycles. The largest absolute Gasteiger partial charge is 0.497 e. The van der Waals surface area contributed by atoms with E-state index in [9.17, 15) is 10.1 Å². The molecule has 1 amide bonds. The van der Waals surface area contributed by atoms with E-state index >= 15 is 0 Å². The molecule has 0 radical (unpaired) electrons. The number of amides is 1. The molecule has 3 heterocycles. The van der Waals surface area contributed by atoms with E-state index in [1.54, 1.807) is 19.2 Å². The molecule has 0 N–H and O–H groups in total. The average molecular weight is 322 g/mol. The van der Waals surface area contributed by atoms with Gasteiger partial charge in [0.15, 0.2) is 0 Å². The van der Waals surface area contributed by atoms with Gasteiger partial charge >= 0.3 is 0 Å². The summed E-state index contributed by atoms with van der Waals surface area (Å²) < 4.78 is 7.09. The number of hydrogen-bond acceptors (Lipinski definition) is 4. The number of carbonyl (C=O) groups excluding carboxylic acids is 1. The van der Waals surface area contributed by atoms with E-state index in [0.29, 0.717) is 24.5 Å². The molecule has 1 aromatic carbocycles. The number of methoxy groups -OCH3 is 1. The van der Waals surface area contributed by atoms with Crippen molar-refractivity contribution in [2.45, 2.75) is 12.2 Å². The van der Waals surface area contributed by atoms with Crippen LogP contribution in [-0.4, -0.2) is 47.5 Å². The lowest BCUT2D eigenvalue weighted by Gasteiger charge is -2.46. The van der Waals surface area contributed by atoms with Crippen molar-refractivity contribution in [3.8, 4) is 11.8 Å². The number of rotatable bonds is 2. The maximum absolute atomic E-state index is 13.0. The number of likely N-dealkylation sites (N-methyl/N-ethyl adjacent to an activating group) is 1. The molecule has 0 bridgehead atoms. The van der Waals surface area contributed by atoms with Gasteiger partial charge in [-0.3, -0.25) is 9.69 Å². The van der Waals surface area contributed by atoms with Gasteiger partial charge in [-0.2, -0.15) is 5.26 Å². The van der Waals surface area contributed by atoms with E-state index in [1.165, 1.54) is 0 Å². The number of fused-ring (bicyclic) bond motifs is 2. The highest BCUT2D eigenvalue weighted by Gasteiger charge is 2.53. The number of ether oxygens (including phenoxy) is 1. The summed E-state index contributed by atoms with van der Waals surface area (Å²) in [5.74, 6) is 0.756. The van der Waals surface area contributed by atoms with Crippen molar-refractivity contribution >= 4 is 5.91 Å². The highest BCUT2D eigenvalue weighted by Crippen LogP contribution is 2.42. The van der Waals surface area contributed by atoms with Crippen LogP contribution in [0, 0.1) is 11.3 Å². The molecule has 6 nitrogen and oxygen atoms in total. The maximum atomic E-state index is 13.0. The molecule has 4 rings (SSSR count). The Labute approximate surface area is 140 Å². The summed E-state index contributed by atoms with van der Waals surface area (Å²) in [6.45, 7) is 2.02. The highest BCUT2D eigenvalue weighted by molar-refractivity contribution is 5.95. The molecule has 0 saturated carbocycles. The molecular formula is C18H18N4O2. The molecule has 2 aliphatic heterocycles. The van der Waals surface area contributed by atoms with Gasteiger partial charge in [-0.1, -0.05) is 12.1 Å². The summed E-state index contributed by atoms with van der Waals surface area (Å²) in [6.07, 6.45) is 0. The van der Waals surface area contributed by atoms with Gasteiger partial charge in [0.2, 0.25) is 0 Å². The smallest absolute Gasteiger partial charge is 0.272 e. The van der Waals surface area contributed by atoms with Crippen molar-refractivity contribution in [3.63, 3.8) is 0 Å². The third kappa shape index (κ3) is 1.76. The zero-order valence-corrected chi connectivity index (χ0v) is 13.7. The van der Waals surface area contributed by atoms with E-state index in [-0.39, 0.29) is 5.91 Å². The van der Waals surface area contributed by atoms with Crippen molar-refractivity contribution in [1.29, 1.82) is 5.26 Å². The van der Waals surface area contributed by atoms with E-state index in [1.807, 2.05) is 40.8 Å². The summed E-state index contributed by atoms with van der Waals surface area (Å²) in [6, 6.07) is 13.5. The zero-order valence-electron chi connectivity index (χ0n) is 13.7. The molecule has 1 saturated heterocycles. The normalized spacial score (nSPS) is 22.9. The number of aromatic nitrogens is 1. The van der Waals surface area contributed by atoms with Gasteiger partial charge < -0.3 is 14.2 Å². The first-order valence-electron chi connectivity index (χ1n) is 7.89.